The Kier molecular flexibility index (Phi) is 5.75. The van der Waals surface area contributed by atoms with Gasteiger partial charge in [0.15, 0.2) is 0 Å². The van der Waals surface area contributed by atoms with Gasteiger partial charge >= 0.3 is 0 Å². The maximum atomic E-state index is 11.8. The van der Waals surface area contributed by atoms with Crippen LogP contribution in [0.4, 0.5) is 0 Å². The lowest BCUT2D eigenvalue weighted by Gasteiger charge is -2.07. The number of carbonyl (C=O) groups is 2. The molecular formula is C15H13Cl2N3O2. The largest absolute Gasteiger partial charge is 0.350 e. The van der Waals surface area contributed by atoms with Crippen molar-refractivity contribution in [2.75, 3.05) is 13.1 Å². The first-order valence-corrected chi connectivity index (χ1v) is 7.25. The molecule has 0 aliphatic heterocycles. The Bertz CT molecular complexity index is 675. The van der Waals surface area contributed by atoms with Crippen LogP contribution in [0.2, 0.25) is 10.2 Å². The van der Waals surface area contributed by atoms with Crippen LogP contribution in [0.5, 0.6) is 0 Å². The van der Waals surface area contributed by atoms with Crippen molar-refractivity contribution in [2.45, 2.75) is 0 Å². The van der Waals surface area contributed by atoms with Crippen LogP contribution in [-0.2, 0) is 0 Å². The molecule has 0 aliphatic rings. The van der Waals surface area contributed by atoms with Gasteiger partial charge in [0.2, 0.25) is 0 Å². The molecule has 1 heterocycles. The Morgan fingerprint density at radius 1 is 0.909 bits per heavy atom. The molecule has 5 nitrogen and oxygen atoms in total. The van der Waals surface area contributed by atoms with Gasteiger partial charge in [-0.05, 0) is 36.4 Å². The van der Waals surface area contributed by atoms with Crippen LogP contribution >= 0.6 is 23.2 Å². The molecule has 0 spiro atoms. The van der Waals surface area contributed by atoms with Gasteiger partial charge in [-0.3, -0.25) is 9.59 Å². The average Bonchev–Trinajstić information content (AvgIpc) is 2.51. The van der Waals surface area contributed by atoms with Gasteiger partial charge in [0.25, 0.3) is 11.8 Å². The predicted octanol–water partition coefficient (Wildman–Crippen LogP) is 2.55. The average molecular weight is 338 g/mol. The first kappa shape index (κ1) is 16.3. The molecule has 0 aliphatic carbocycles. The van der Waals surface area contributed by atoms with E-state index in [0.717, 1.165) is 0 Å². The summed E-state index contributed by atoms with van der Waals surface area (Å²) in [4.78, 5) is 27.4. The molecule has 22 heavy (non-hydrogen) atoms. The van der Waals surface area contributed by atoms with Crippen molar-refractivity contribution in [1.29, 1.82) is 0 Å². The molecule has 2 aromatic rings. The minimum Gasteiger partial charge on any atom is -0.350 e. The Balaban J connectivity index is 1.76. The van der Waals surface area contributed by atoms with E-state index in [2.05, 4.69) is 15.6 Å². The van der Waals surface area contributed by atoms with E-state index in [9.17, 15) is 9.59 Å². The summed E-state index contributed by atoms with van der Waals surface area (Å²) in [5.41, 5.74) is 0.931. The van der Waals surface area contributed by atoms with Crippen molar-refractivity contribution in [2.24, 2.45) is 0 Å². The van der Waals surface area contributed by atoms with Gasteiger partial charge in [0, 0.05) is 35.4 Å². The van der Waals surface area contributed by atoms with Crippen LogP contribution in [-0.4, -0.2) is 29.9 Å². The third kappa shape index (κ3) is 4.72. The SMILES string of the molecule is O=C(NCCNC(=O)c1ccnc(Cl)c1)c1ccc(Cl)cc1. The summed E-state index contributed by atoms with van der Waals surface area (Å²) in [5, 5.41) is 6.21. The number of hydrogen-bond donors (Lipinski definition) is 2. The van der Waals surface area contributed by atoms with Gasteiger partial charge in [-0.2, -0.15) is 0 Å². The molecule has 0 radical (unpaired) electrons. The number of amides is 2. The number of nitrogens with zero attached hydrogens (tertiary/aromatic N) is 1. The second-order valence-electron chi connectivity index (χ2n) is 4.39. The number of carbonyl (C=O) groups excluding carboxylic acids is 2. The molecule has 7 heteroatoms. The lowest BCUT2D eigenvalue weighted by Crippen LogP contribution is -2.34. The summed E-state index contributed by atoms with van der Waals surface area (Å²) in [6.07, 6.45) is 1.46. The maximum absolute atomic E-state index is 11.8. The second-order valence-corrected chi connectivity index (χ2v) is 5.21. The molecule has 2 N–H and O–H groups in total. The van der Waals surface area contributed by atoms with Crippen LogP contribution in [0.3, 0.4) is 0 Å². The lowest BCUT2D eigenvalue weighted by atomic mass is 10.2. The molecule has 0 bridgehead atoms. The van der Waals surface area contributed by atoms with E-state index in [1.807, 2.05) is 0 Å². The van der Waals surface area contributed by atoms with Crippen molar-refractivity contribution < 1.29 is 9.59 Å². The predicted molar refractivity (Wildman–Crippen MR) is 85.4 cm³/mol. The third-order valence-electron chi connectivity index (χ3n) is 2.79. The normalized spacial score (nSPS) is 10.1. The van der Waals surface area contributed by atoms with Crippen molar-refractivity contribution in [3.63, 3.8) is 0 Å². The maximum Gasteiger partial charge on any atom is 0.251 e. The smallest absolute Gasteiger partial charge is 0.251 e. The quantitative estimate of drug-likeness (QED) is 0.650. The molecule has 0 unspecified atom stereocenters. The zero-order chi connectivity index (χ0) is 15.9. The number of nitrogens with one attached hydrogen (secondary N) is 2. The number of aromatic nitrogens is 1. The van der Waals surface area contributed by atoms with Crippen LogP contribution in [0.25, 0.3) is 0 Å². The first-order valence-electron chi connectivity index (χ1n) is 6.50. The summed E-state index contributed by atoms with van der Waals surface area (Å²) in [7, 11) is 0. The highest BCUT2D eigenvalue weighted by molar-refractivity contribution is 6.30. The van der Waals surface area contributed by atoms with Crippen LogP contribution < -0.4 is 10.6 Å². The van der Waals surface area contributed by atoms with Crippen LogP contribution in [0.15, 0.2) is 42.6 Å². The van der Waals surface area contributed by atoms with Gasteiger partial charge in [-0.25, -0.2) is 4.98 Å². The van der Waals surface area contributed by atoms with Crippen molar-refractivity contribution >= 4 is 35.0 Å². The second kappa shape index (κ2) is 7.77. The van der Waals surface area contributed by atoms with E-state index >= 15 is 0 Å². The van der Waals surface area contributed by atoms with E-state index in [-0.39, 0.29) is 17.0 Å². The highest BCUT2D eigenvalue weighted by Gasteiger charge is 2.07. The van der Waals surface area contributed by atoms with Gasteiger partial charge in [0.05, 0.1) is 0 Å². The summed E-state index contributed by atoms with van der Waals surface area (Å²) in [5.74, 6) is -0.497. The monoisotopic (exact) mass is 337 g/mol. The highest BCUT2D eigenvalue weighted by Crippen LogP contribution is 2.09. The number of halogens is 2. The molecule has 0 fully saturated rings. The molecule has 1 aromatic carbocycles. The fourth-order valence-electron chi connectivity index (χ4n) is 1.70. The Hall–Kier alpha value is -2.11. The van der Waals surface area contributed by atoms with Crippen LogP contribution in [0, 0.1) is 0 Å². The molecule has 0 saturated heterocycles. The molecule has 114 valence electrons. The zero-order valence-electron chi connectivity index (χ0n) is 11.5. The van der Waals surface area contributed by atoms with E-state index in [1.54, 1.807) is 30.3 Å². The van der Waals surface area contributed by atoms with Crippen molar-refractivity contribution in [1.82, 2.24) is 15.6 Å². The molecule has 2 amide bonds. The highest BCUT2D eigenvalue weighted by atomic mass is 35.5. The minimum absolute atomic E-state index is 0.224. The van der Waals surface area contributed by atoms with Gasteiger partial charge in [0.1, 0.15) is 5.15 Å². The van der Waals surface area contributed by atoms with Gasteiger partial charge in [-0.15, -0.1) is 0 Å². The standard InChI is InChI=1S/C15H13Cl2N3O2/c16-12-3-1-10(2-4-12)14(21)19-7-8-20-15(22)11-5-6-18-13(17)9-11/h1-6,9H,7-8H2,(H,19,21)(H,20,22). The van der Waals surface area contributed by atoms with Gasteiger partial charge < -0.3 is 10.6 Å². The molecule has 1 aromatic heterocycles. The fraction of sp³-hybridized carbons (Fsp3) is 0.133. The summed E-state index contributed by atoms with van der Waals surface area (Å²) < 4.78 is 0. The van der Waals surface area contributed by atoms with E-state index in [0.29, 0.717) is 29.2 Å². The van der Waals surface area contributed by atoms with Crippen molar-refractivity contribution in [3.05, 3.63) is 63.9 Å². The number of hydrogen-bond acceptors (Lipinski definition) is 3. The first-order chi connectivity index (χ1) is 10.6. The number of rotatable bonds is 5. The fourth-order valence-corrected chi connectivity index (χ4v) is 2.00. The zero-order valence-corrected chi connectivity index (χ0v) is 13.0. The summed E-state index contributed by atoms with van der Waals surface area (Å²) in [6.45, 7) is 0.615. The van der Waals surface area contributed by atoms with E-state index in [1.165, 1.54) is 12.3 Å². The minimum atomic E-state index is -0.273. The Morgan fingerprint density at radius 2 is 1.50 bits per heavy atom. The summed E-state index contributed by atoms with van der Waals surface area (Å²) in [6, 6.07) is 9.60. The Labute approximate surface area is 137 Å². The number of pyridine rings is 1. The lowest BCUT2D eigenvalue weighted by molar-refractivity contribution is 0.0927. The van der Waals surface area contributed by atoms with Crippen LogP contribution in [0.1, 0.15) is 20.7 Å². The molecule has 2 rings (SSSR count). The Morgan fingerprint density at radius 3 is 2.09 bits per heavy atom. The molecule has 0 atom stereocenters. The molecule has 0 saturated carbocycles. The van der Waals surface area contributed by atoms with E-state index in [4.69, 9.17) is 23.2 Å². The van der Waals surface area contributed by atoms with Crippen molar-refractivity contribution in [3.8, 4) is 0 Å². The topological polar surface area (TPSA) is 71.1 Å². The number of benzene rings is 1. The third-order valence-corrected chi connectivity index (χ3v) is 3.25. The molecular weight excluding hydrogens is 325 g/mol. The summed E-state index contributed by atoms with van der Waals surface area (Å²) >= 11 is 11.5. The van der Waals surface area contributed by atoms with E-state index < -0.39 is 0 Å². The van der Waals surface area contributed by atoms with Gasteiger partial charge in [-0.1, -0.05) is 23.2 Å².